The summed E-state index contributed by atoms with van der Waals surface area (Å²) in [5.74, 6) is -0.163. The third-order valence-electron chi connectivity index (χ3n) is 4.39. The molecule has 1 aromatic carbocycles. The van der Waals surface area contributed by atoms with Crippen LogP contribution in [0.4, 0.5) is 0 Å². The first-order chi connectivity index (χ1) is 10.6. The lowest BCUT2D eigenvalue weighted by Gasteiger charge is -2.41. The number of piperazine rings is 1. The maximum atomic E-state index is 12.8. The second-order valence-corrected chi connectivity index (χ2v) is 5.88. The van der Waals surface area contributed by atoms with Crippen LogP contribution >= 0.6 is 0 Å². The number of hydrogen-bond donors (Lipinski definition) is 1. The van der Waals surface area contributed by atoms with E-state index >= 15 is 0 Å². The summed E-state index contributed by atoms with van der Waals surface area (Å²) in [5, 5.41) is 9.80. The van der Waals surface area contributed by atoms with E-state index in [-0.39, 0.29) is 18.4 Å². The van der Waals surface area contributed by atoms with E-state index in [2.05, 4.69) is 6.58 Å². The van der Waals surface area contributed by atoms with E-state index in [9.17, 15) is 14.7 Å². The van der Waals surface area contributed by atoms with Gasteiger partial charge in [0.25, 0.3) is 0 Å². The van der Waals surface area contributed by atoms with Crippen LogP contribution in [0.3, 0.4) is 0 Å². The second-order valence-electron chi connectivity index (χ2n) is 5.88. The van der Waals surface area contributed by atoms with Gasteiger partial charge in [0.05, 0.1) is 6.10 Å². The molecule has 0 aliphatic carbocycles. The van der Waals surface area contributed by atoms with E-state index in [4.69, 9.17) is 0 Å². The first-order valence-corrected chi connectivity index (χ1v) is 7.55. The molecule has 2 amide bonds. The van der Waals surface area contributed by atoms with Crippen LogP contribution in [0.25, 0.3) is 0 Å². The molecule has 2 unspecified atom stereocenters. The molecule has 3 rings (SSSR count). The Morgan fingerprint density at radius 3 is 2.64 bits per heavy atom. The summed E-state index contributed by atoms with van der Waals surface area (Å²) in [6, 6.07) is 8.63. The van der Waals surface area contributed by atoms with Crippen LogP contribution in [-0.4, -0.2) is 58.0 Å². The summed E-state index contributed by atoms with van der Waals surface area (Å²) >= 11 is 0. The van der Waals surface area contributed by atoms with E-state index in [1.807, 2.05) is 30.3 Å². The third-order valence-corrected chi connectivity index (χ3v) is 4.39. The summed E-state index contributed by atoms with van der Waals surface area (Å²) in [5.41, 5.74) is 1.01. The molecule has 2 heterocycles. The van der Waals surface area contributed by atoms with Gasteiger partial charge in [-0.05, 0) is 5.56 Å². The number of carbonyl (C=O) groups excluding carboxylic acids is 2. The fraction of sp³-hybridized carbons (Fsp3) is 0.412. The molecule has 3 atom stereocenters. The average molecular weight is 300 g/mol. The van der Waals surface area contributed by atoms with Crippen molar-refractivity contribution in [3.63, 3.8) is 0 Å². The molecular formula is C17H20N2O3. The number of hydrogen-bond acceptors (Lipinski definition) is 3. The number of nitrogens with zero attached hydrogens (tertiary/aromatic N) is 2. The maximum Gasteiger partial charge on any atom is 0.246 e. The van der Waals surface area contributed by atoms with Crippen molar-refractivity contribution in [2.75, 3.05) is 13.1 Å². The molecule has 0 spiro atoms. The molecular weight excluding hydrogens is 280 g/mol. The number of carbonyl (C=O) groups is 2. The molecule has 0 radical (unpaired) electrons. The quantitative estimate of drug-likeness (QED) is 0.828. The Morgan fingerprint density at radius 2 is 1.95 bits per heavy atom. The van der Waals surface area contributed by atoms with Gasteiger partial charge >= 0.3 is 0 Å². The van der Waals surface area contributed by atoms with Crippen LogP contribution in [-0.2, 0) is 16.0 Å². The lowest BCUT2D eigenvalue weighted by atomic mass is 9.98. The Bertz CT molecular complexity index is 587. The predicted molar refractivity (Wildman–Crippen MR) is 82.0 cm³/mol. The fourth-order valence-corrected chi connectivity index (χ4v) is 3.35. The summed E-state index contributed by atoms with van der Waals surface area (Å²) in [6.45, 7) is 4.29. The average Bonchev–Trinajstić information content (AvgIpc) is 2.92. The van der Waals surface area contributed by atoms with Crippen LogP contribution in [0, 0.1) is 0 Å². The third kappa shape index (κ3) is 2.52. The van der Waals surface area contributed by atoms with E-state index in [1.165, 1.54) is 0 Å². The molecule has 116 valence electrons. The van der Waals surface area contributed by atoms with Crippen molar-refractivity contribution >= 4 is 11.8 Å². The van der Waals surface area contributed by atoms with Crippen molar-refractivity contribution in [3.05, 3.63) is 48.6 Å². The van der Waals surface area contributed by atoms with Gasteiger partial charge in [-0.15, -0.1) is 6.58 Å². The smallest absolute Gasteiger partial charge is 0.246 e. The highest BCUT2D eigenvalue weighted by atomic mass is 16.3. The van der Waals surface area contributed by atoms with Gasteiger partial charge in [0.15, 0.2) is 0 Å². The minimum Gasteiger partial charge on any atom is -0.391 e. The van der Waals surface area contributed by atoms with Crippen molar-refractivity contribution in [2.45, 2.75) is 31.0 Å². The van der Waals surface area contributed by atoms with Gasteiger partial charge in [-0.1, -0.05) is 36.4 Å². The van der Waals surface area contributed by atoms with E-state index < -0.39 is 18.2 Å². The maximum absolute atomic E-state index is 12.8. The topological polar surface area (TPSA) is 60.9 Å². The molecule has 22 heavy (non-hydrogen) atoms. The fourth-order valence-electron chi connectivity index (χ4n) is 3.35. The molecule has 0 bridgehead atoms. The molecule has 5 heteroatoms. The van der Waals surface area contributed by atoms with Crippen molar-refractivity contribution in [2.24, 2.45) is 0 Å². The van der Waals surface area contributed by atoms with Crippen molar-refractivity contribution in [1.82, 2.24) is 9.80 Å². The van der Waals surface area contributed by atoms with E-state index in [0.29, 0.717) is 19.4 Å². The molecule has 1 aromatic rings. The standard InChI is InChI=1S/C17H20N2O3/c1-2-8-18-14(9-12-6-4-3-5-7-12)17(22)19-11-13(20)10-15(19)16(18)21/h2-7,13-15,20H,1,8-11H2/t13-,14?,15?/m1/s1. The largest absolute Gasteiger partial charge is 0.391 e. The zero-order valence-electron chi connectivity index (χ0n) is 12.4. The van der Waals surface area contributed by atoms with Gasteiger partial charge in [-0.2, -0.15) is 0 Å². The lowest BCUT2D eigenvalue weighted by molar-refractivity contribution is -0.158. The highest BCUT2D eigenvalue weighted by Crippen LogP contribution is 2.28. The van der Waals surface area contributed by atoms with E-state index in [0.717, 1.165) is 5.56 Å². The van der Waals surface area contributed by atoms with Gasteiger partial charge in [-0.3, -0.25) is 9.59 Å². The normalized spacial score (nSPS) is 28.0. The highest BCUT2D eigenvalue weighted by molar-refractivity contribution is 5.97. The summed E-state index contributed by atoms with van der Waals surface area (Å²) in [7, 11) is 0. The molecule has 0 aromatic heterocycles. The monoisotopic (exact) mass is 300 g/mol. The van der Waals surface area contributed by atoms with Gasteiger partial charge in [0, 0.05) is 25.9 Å². The van der Waals surface area contributed by atoms with Crippen LogP contribution in [0.1, 0.15) is 12.0 Å². The molecule has 1 N–H and O–H groups in total. The highest BCUT2D eigenvalue weighted by Gasteiger charge is 2.49. The number of aliphatic hydroxyl groups is 1. The number of fused-ring (bicyclic) bond motifs is 1. The lowest BCUT2D eigenvalue weighted by Crippen LogP contribution is -2.63. The summed E-state index contributed by atoms with van der Waals surface area (Å²) in [4.78, 5) is 28.6. The Hall–Kier alpha value is -2.14. The van der Waals surface area contributed by atoms with Gasteiger partial charge in [-0.25, -0.2) is 0 Å². The van der Waals surface area contributed by atoms with Gasteiger partial charge in [0.1, 0.15) is 12.1 Å². The van der Waals surface area contributed by atoms with Crippen molar-refractivity contribution in [1.29, 1.82) is 0 Å². The molecule has 2 aliphatic rings. The Kier molecular flexibility index (Phi) is 3.98. The number of aliphatic hydroxyl groups excluding tert-OH is 1. The Morgan fingerprint density at radius 1 is 1.23 bits per heavy atom. The minimum atomic E-state index is -0.612. The van der Waals surface area contributed by atoms with Crippen LogP contribution in [0.15, 0.2) is 43.0 Å². The van der Waals surface area contributed by atoms with Crippen molar-refractivity contribution in [3.8, 4) is 0 Å². The first kappa shape index (κ1) is 14.8. The molecule has 2 fully saturated rings. The summed E-state index contributed by atoms with van der Waals surface area (Å²) in [6.07, 6.45) is 1.85. The van der Waals surface area contributed by atoms with Crippen LogP contribution < -0.4 is 0 Å². The van der Waals surface area contributed by atoms with Crippen LogP contribution in [0.5, 0.6) is 0 Å². The molecule has 0 saturated carbocycles. The zero-order valence-corrected chi connectivity index (χ0v) is 12.4. The number of amides is 2. The van der Waals surface area contributed by atoms with Gasteiger partial charge < -0.3 is 14.9 Å². The van der Waals surface area contributed by atoms with Gasteiger partial charge in [0.2, 0.25) is 11.8 Å². The second kappa shape index (κ2) is 5.93. The predicted octanol–water partition coefficient (Wildman–Crippen LogP) is 0.588. The Labute approximate surface area is 129 Å². The molecule has 5 nitrogen and oxygen atoms in total. The molecule has 2 saturated heterocycles. The number of rotatable bonds is 4. The SMILES string of the molecule is C=CCN1C(=O)C2C[C@@H](O)CN2C(=O)C1Cc1ccccc1. The first-order valence-electron chi connectivity index (χ1n) is 7.55. The summed E-state index contributed by atoms with van der Waals surface area (Å²) < 4.78 is 0. The van der Waals surface area contributed by atoms with Crippen LogP contribution in [0.2, 0.25) is 0 Å². The number of benzene rings is 1. The molecule has 2 aliphatic heterocycles. The van der Waals surface area contributed by atoms with E-state index in [1.54, 1.807) is 15.9 Å². The minimum absolute atomic E-state index is 0.0770. The Balaban J connectivity index is 1.89. The zero-order chi connectivity index (χ0) is 15.7. The van der Waals surface area contributed by atoms with Crippen molar-refractivity contribution < 1.29 is 14.7 Å².